The summed E-state index contributed by atoms with van der Waals surface area (Å²) in [6.45, 7) is 7.34. The second-order valence-electron chi connectivity index (χ2n) is 4.80. The lowest BCUT2D eigenvalue weighted by atomic mass is 9.96. The molecule has 1 saturated heterocycles. The number of thiophene rings is 1. The van der Waals surface area contributed by atoms with Crippen molar-refractivity contribution in [3.8, 4) is 0 Å². The van der Waals surface area contributed by atoms with Gasteiger partial charge in [0.05, 0.1) is 16.8 Å². The lowest BCUT2D eigenvalue weighted by molar-refractivity contribution is -0.136. The van der Waals surface area contributed by atoms with Crippen LogP contribution >= 0.6 is 22.9 Å². The molecule has 0 bridgehead atoms. The maximum absolute atomic E-state index is 12.5. The van der Waals surface area contributed by atoms with Gasteiger partial charge in [0, 0.05) is 18.0 Å². The van der Waals surface area contributed by atoms with Crippen molar-refractivity contribution in [3.05, 3.63) is 21.3 Å². The van der Waals surface area contributed by atoms with Crippen LogP contribution in [0, 0.1) is 11.8 Å². The minimum atomic E-state index is 0.125. The molecule has 3 nitrogen and oxygen atoms in total. The Morgan fingerprint density at radius 1 is 1.56 bits per heavy atom. The van der Waals surface area contributed by atoms with Gasteiger partial charge in [0.15, 0.2) is 0 Å². The van der Waals surface area contributed by atoms with Gasteiger partial charge in [-0.3, -0.25) is 4.79 Å². The molecule has 1 N–H and O–H groups in total. The zero-order valence-corrected chi connectivity index (χ0v) is 12.4. The molecule has 0 aliphatic carbocycles. The van der Waals surface area contributed by atoms with E-state index in [1.54, 1.807) is 11.3 Å². The Balaban J connectivity index is 2.01. The molecule has 1 fully saturated rings. The molecule has 0 spiro atoms. The Bertz CT molecular complexity index is 421. The lowest BCUT2D eigenvalue weighted by Gasteiger charge is -2.25. The van der Waals surface area contributed by atoms with Crippen molar-refractivity contribution < 1.29 is 4.79 Å². The van der Waals surface area contributed by atoms with Crippen LogP contribution in [0.2, 0.25) is 4.34 Å². The average Bonchev–Trinajstić information content (AvgIpc) is 2.94. The third-order valence-corrected chi connectivity index (χ3v) is 4.72. The minimum absolute atomic E-state index is 0.125. The van der Waals surface area contributed by atoms with Gasteiger partial charge in [-0.2, -0.15) is 0 Å². The van der Waals surface area contributed by atoms with Crippen LogP contribution in [0.4, 0.5) is 0 Å². The van der Waals surface area contributed by atoms with E-state index in [4.69, 9.17) is 11.6 Å². The number of carbonyl (C=O) groups excluding carboxylic acids is 1. The SMILES string of the molecule is CCN(Cc1ccc(Cl)s1)C(=O)C1CNCC1C. The van der Waals surface area contributed by atoms with E-state index < -0.39 is 0 Å². The topological polar surface area (TPSA) is 32.3 Å². The Labute approximate surface area is 117 Å². The number of rotatable bonds is 4. The Morgan fingerprint density at radius 3 is 2.83 bits per heavy atom. The summed E-state index contributed by atoms with van der Waals surface area (Å²) in [5.41, 5.74) is 0. The van der Waals surface area contributed by atoms with E-state index in [0.717, 1.165) is 28.8 Å². The van der Waals surface area contributed by atoms with Crippen LogP contribution in [-0.4, -0.2) is 30.4 Å². The summed E-state index contributed by atoms with van der Waals surface area (Å²) in [7, 11) is 0. The normalized spacial score (nSPS) is 23.3. The molecule has 2 heterocycles. The number of halogens is 1. The first-order valence-electron chi connectivity index (χ1n) is 6.35. The van der Waals surface area contributed by atoms with Gasteiger partial charge in [0.25, 0.3) is 0 Å². The summed E-state index contributed by atoms with van der Waals surface area (Å²) >= 11 is 7.47. The van der Waals surface area contributed by atoms with Gasteiger partial charge in [0.2, 0.25) is 5.91 Å². The van der Waals surface area contributed by atoms with Crippen LogP contribution in [0.3, 0.4) is 0 Å². The first-order valence-corrected chi connectivity index (χ1v) is 7.55. The third kappa shape index (κ3) is 3.05. The molecule has 1 amide bonds. The largest absolute Gasteiger partial charge is 0.338 e. The molecule has 0 aromatic carbocycles. The zero-order valence-electron chi connectivity index (χ0n) is 10.8. The standard InChI is InChI=1S/C13H19ClN2OS/c1-3-16(8-10-4-5-12(14)18-10)13(17)11-7-15-6-9(11)2/h4-5,9,11,15H,3,6-8H2,1-2H3. The first kappa shape index (κ1) is 13.8. The molecular formula is C13H19ClN2OS. The van der Waals surface area contributed by atoms with Crippen molar-refractivity contribution in [1.29, 1.82) is 0 Å². The maximum atomic E-state index is 12.5. The van der Waals surface area contributed by atoms with Gasteiger partial charge < -0.3 is 10.2 Å². The fourth-order valence-corrected chi connectivity index (χ4v) is 3.45. The van der Waals surface area contributed by atoms with Gasteiger partial charge in [-0.1, -0.05) is 18.5 Å². The van der Waals surface area contributed by atoms with Crippen LogP contribution in [0.5, 0.6) is 0 Å². The average molecular weight is 287 g/mol. The van der Waals surface area contributed by atoms with Crippen molar-refractivity contribution in [2.45, 2.75) is 20.4 Å². The number of nitrogens with zero attached hydrogens (tertiary/aromatic N) is 1. The second-order valence-corrected chi connectivity index (χ2v) is 6.60. The summed E-state index contributed by atoms with van der Waals surface area (Å²) in [6.07, 6.45) is 0. The number of hydrogen-bond donors (Lipinski definition) is 1. The molecule has 2 rings (SSSR count). The third-order valence-electron chi connectivity index (χ3n) is 3.50. The number of hydrogen-bond acceptors (Lipinski definition) is 3. The molecule has 1 aliphatic rings. The number of nitrogens with one attached hydrogen (secondary N) is 1. The maximum Gasteiger partial charge on any atom is 0.227 e. The molecule has 2 unspecified atom stereocenters. The molecule has 0 saturated carbocycles. The number of carbonyl (C=O) groups is 1. The highest BCUT2D eigenvalue weighted by atomic mass is 35.5. The summed E-state index contributed by atoms with van der Waals surface area (Å²) in [5.74, 6) is 0.818. The Kier molecular flexibility index (Phi) is 4.65. The van der Waals surface area contributed by atoms with Gasteiger partial charge in [0.1, 0.15) is 0 Å². The van der Waals surface area contributed by atoms with E-state index >= 15 is 0 Å². The van der Waals surface area contributed by atoms with Crippen LogP contribution < -0.4 is 5.32 Å². The van der Waals surface area contributed by atoms with Gasteiger partial charge in [-0.25, -0.2) is 0 Å². The molecule has 5 heteroatoms. The summed E-state index contributed by atoms with van der Waals surface area (Å²) in [4.78, 5) is 15.5. The van der Waals surface area contributed by atoms with Gasteiger partial charge >= 0.3 is 0 Å². The fraction of sp³-hybridized carbons (Fsp3) is 0.615. The van der Waals surface area contributed by atoms with E-state index in [-0.39, 0.29) is 11.8 Å². The molecule has 1 aromatic rings. The highest BCUT2D eigenvalue weighted by Gasteiger charge is 2.32. The minimum Gasteiger partial charge on any atom is -0.338 e. The monoisotopic (exact) mass is 286 g/mol. The van der Waals surface area contributed by atoms with E-state index in [9.17, 15) is 4.79 Å². The molecule has 100 valence electrons. The first-order chi connectivity index (χ1) is 8.61. The molecule has 18 heavy (non-hydrogen) atoms. The van der Waals surface area contributed by atoms with Crippen molar-refractivity contribution in [2.24, 2.45) is 11.8 Å². The molecule has 1 aliphatic heterocycles. The Hall–Kier alpha value is -0.580. The molecule has 0 radical (unpaired) electrons. The predicted octanol–water partition coefficient (Wildman–Crippen LogP) is 2.61. The van der Waals surface area contributed by atoms with Gasteiger partial charge in [-0.15, -0.1) is 11.3 Å². The fourth-order valence-electron chi connectivity index (χ4n) is 2.35. The van der Waals surface area contributed by atoms with Gasteiger partial charge in [-0.05, 0) is 31.5 Å². The van der Waals surface area contributed by atoms with Crippen LogP contribution in [-0.2, 0) is 11.3 Å². The van der Waals surface area contributed by atoms with Crippen molar-refractivity contribution in [2.75, 3.05) is 19.6 Å². The van der Waals surface area contributed by atoms with E-state index in [2.05, 4.69) is 12.2 Å². The van der Waals surface area contributed by atoms with Crippen molar-refractivity contribution >= 4 is 28.8 Å². The zero-order chi connectivity index (χ0) is 13.1. The summed E-state index contributed by atoms with van der Waals surface area (Å²) < 4.78 is 0.782. The quantitative estimate of drug-likeness (QED) is 0.923. The number of amides is 1. The highest BCUT2D eigenvalue weighted by Crippen LogP contribution is 2.24. The molecule has 1 aromatic heterocycles. The summed E-state index contributed by atoms with van der Waals surface area (Å²) in [5, 5.41) is 3.28. The summed E-state index contributed by atoms with van der Waals surface area (Å²) in [6, 6.07) is 3.89. The van der Waals surface area contributed by atoms with Crippen molar-refractivity contribution in [3.63, 3.8) is 0 Å². The van der Waals surface area contributed by atoms with Crippen LogP contribution in [0.1, 0.15) is 18.7 Å². The second kappa shape index (κ2) is 6.04. The van der Waals surface area contributed by atoms with Crippen LogP contribution in [0.25, 0.3) is 0 Å². The van der Waals surface area contributed by atoms with E-state index in [1.165, 1.54) is 0 Å². The smallest absolute Gasteiger partial charge is 0.227 e. The van der Waals surface area contributed by atoms with Crippen molar-refractivity contribution in [1.82, 2.24) is 10.2 Å². The molecular weight excluding hydrogens is 268 g/mol. The molecule has 2 atom stereocenters. The predicted molar refractivity (Wildman–Crippen MR) is 75.9 cm³/mol. The van der Waals surface area contributed by atoms with Crippen LogP contribution in [0.15, 0.2) is 12.1 Å². The van der Waals surface area contributed by atoms with E-state index in [0.29, 0.717) is 12.5 Å². The highest BCUT2D eigenvalue weighted by molar-refractivity contribution is 7.16. The Morgan fingerprint density at radius 2 is 2.33 bits per heavy atom. The lowest BCUT2D eigenvalue weighted by Crippen LogP contribution is -2.38. The van der Waals surface area contributed by atoms with E-state index in [1.807, 2.05) is 24.0 Å².